The maximum atomic E-state index is 10.1. The Kier molecular flexibility index (Phi) is 6.45. The van der Waals surface area contributed by atoms with Crippen LogP contribution in [0.2, 0.25) is 0 Å². The van der Waals surface area contributed by atoms with Gasteiger partial charge in [-0.3, -0.25) is 0 Å². The molecule has 0 spiro atoms. The number of amidine groups is 1. The molecule has 5 N–H and O–H groups in total. The highest BCUT2D eigenvalue weighted by molar-refractivity contribution is 5.97. The molecule has 0 saturated heterocycles. The molecule has 0 fully saturated rings. The van der Waals surface area contributed by atoms with Crippen LogP contribution in [0.3, 0.4) is 0 Å². The van der Waals surface area contributed by atoms with Crippen LogP contribution < -0.4 is 15.8 Å². The molecule has 1 aromatic rings. The lowest BCUT2D eigenvalue weighted by atomic mass is 10.0. The van der Waals surface area contributed by atoms with E-state index in [1.165, 1.54) is 0 Å². The Morgan fingerprint density at radius 2 is 2.19 bits per heavy atom. The first-order valence-corrected chi connectivity index (χ1v) is 7.01. The molecule has 1 aromatic carbocycles. The predicted molar refractivity (Wildman–Crippen MR) is 82.7 cm³/mol. The fraction of sp³-hybridized carbons (Fsp3) is 0.533. The van der Waals surface area contributed by atoms with Gasteiger partial charge in [-0.05, 0) is 31.5 Å². The number of hydrogen-bond donors (Lipinski definition) is 4. The maximum absolute atomic E-state index is 10.1. The molecule has 0 amide bonds. The lowest BCUT2D eigenvalue weighted by Crippen LogP contribution is -2.37. The fourth-order valence-electron chi connectivity index (χ4n) is 2.23. The van der Waals surface area contributed by atoms with Gasteiger partial charge in [-0.2, -0.15) is 0 Å². The molecule has 118 valence electrons. The molecule has 0 aromatic heterocycles. The first-order chi connectivity index (χ1) is 9.93. The molecular formula is C15H25N3O3. The number of nitrogens with two attached hydrogens (primary N) is 1. The number of hydrogen-bond acceptors (Lipinski definition) is 5. The highest BCUT2D eigenvalue weighted by atomic mass is 16.5. The third-order valence-electron chi connectivity index (χ3n) is 3.29. The van der Waals surface area contributed by atoms with E-state index >= 15 is 0 Å². The Bertz CT molecular complexity index is 487. The van der Waals surface area contributed by atoms with E-state index in [1.807, 2.05) is 13.8 Å². The van der Waals surface area contributed by atoms with E-state index in [9.17, 15) is 5.11 Å². The fourth-order valence-corrected chi connectivity index (χ4v) is 2.23. The third-order valence-corrected chi connectivity index (χ3v) is 3.29. The number of benzene rings is 1. The van der Waals surface area contributed by atoms with Gasteiger partial charge in [0.15, 0.2) is 5.84 Å². The molecule has 0 aliphatic rings. The van der Waals surface area contributed by atoms with Gasteiger partial charge in [0.2, 0.25) is 0 Å². The molecular weight excluding hydrogens is 270 g/mol. The Hall–Kier alpha value is -1.79. The first kappa shape index (κ1) is 17.3. The maximum Gasteiger partial charge on any atom is 0.170 e. The quantitative estimate of drug-likeness (QED) is 0.252. The molecule has 0 radical (unpaired) electrons. The summed E-state index contributed by atoms with van der Waals surface area (Å²) in [5.41, 5.74) is 6.36. The molecule has 1 atom stereocenters. The van der Waals surface area contributed by atoms with Gasteiger partial charge in [-0.15, -0.1) is 0 Å². The Labute approximate surface area is 125 Å². The molecule has 6 heteroatoms. The van der Waals surface area contributed by atoms with Crippen molar-refractivity contribution < 1.29 is 15.1 Å². The number of ether oxygens (including phenoxy) is 1. The zero-order valence-corrected chi connectivity index (χ0v) is 12.9. The first-order valence-electron chi connectivity index (χ1n) is 7.01. The van der Waals surface area contributed by atoms with Crippen molar-refractivity contribution in [3.8, 4) is 5.75 Å². The van der Waals surface area contributed by atoms with Gasteiger partial charge in [0.1, 0.15) is 5.75 Å². The van der Waals surface area contributed by atoms with Gasteiger partial charge in [-0.25, -0.2) is 0 Å². The number of rotatable bonds is 8. The number of oxime groups is 1. The highest BCUT2D eigenvalue weighted by Crippen LogP contribution is 2.20. The zero-order valence-electron chi connectivity index (χ0n) is 12.9. The topological polar surface area (TPSA) is 100 Å². The molecule has 1 rings (SSSR count). The summed E-state index contributed by atoms with van der Waals surface area (Å²) in [6, 6.07) is 5.30. The largest absolute Gasteiger partial charge is 0.496 e. The molecule has 1 unspecified atom stereocenters. The van der Waals surface area contributed by atoms with Crippen LogP contribution in [0.4, 0.5) is 0 Å². The summed E-state index contributed by atoms with van der Waals surface area (Å²) >= 11 is 0. The minimum absolute atomic E-state index is 0.0527. The average molecular weight is 295 g/mol. The van der Waals surface area contributed by atoms with E-state index in [4.69, 9.17) is 15.7 Å². The van der Waals surface area contributed by atoms with Crippen LogP contribution in [0.1, 0.15) is 37.8 Å². The van der Waals surface area contributed by atoms with Crippen molar-refractivity contribution in [3.63, 3.8) is 0 Å². The number of methoxy groups -OCH3 is 1. The van der Waals surface area contributed by atoms with Crippen molar-refractivity contribution in [1.82, 2.24) is 5.32 Å². The van der Waals surface area contributed by atoms with Crippen molar-refractivity contribution in [2.75, 3.05) is 13.7 Å². The predicted octanol–water partition coefficient (Wildman–Crippen LogP) is 1.43. The van der Waals surface area contributed by atoms with Gasteiger partial charge >= 0.3 is 0 Å². The molecule has 0 heterocycles. The standard InChI is InChI=1S/C15H25N3O3/c1-4-7-15(2,19)10-17-9-12-8-11(14(16)18-20)5-6-13(12)21-3/h5-6,8,17,19-20H,4,7,9-10H2,1-3H3,(H2,16,18). The van der Waals surface area contributed by atoms with Crippen LogP contribution in [0.15, 0.2) is 23.4 Å². The average Bonchev–Trinajstić information content (AvgIpc) is 2.46. The molecule has 0 saturated carbocycles. The van der Waals surface area contributed by atoms with Crippen LogP contribution in [-0.4, -0.2) is 35.4 Å². The van der Waals surface area contributed by atoms with Crippen molar-refractivity contribution in [1.29, 1.82) is 0 Å². The van der Waals surface area contributed by atoms with Crippen molar-refractivity contribution in [2.45, 2.75) is 38.8 Å². The molecule has 0 aliphatic heterocycles. The lowest BCUT2D eigenvalue weighted by molar-refractivity contribution is 0.0497. The van der Waals surface area contributed by atoms with Crippen LogP contribution in [0.25, 0.3) is 0 Å². The minimum atomic E-state index is -0.731. The summed E-state index contributed by atoms with van der Waals surface area (Å²) in [6.45, 7) is 4.86. The van der Waals surface area contributed by atoms with Gasteiger partial charge in [0, 0.05) is 24.2 Å². The number of nitrogens with one attached hydrogen (secondary N) is 1. The number of nitrogens with zero attached hydrogens (tertiary/aromatic N) is 1. The summed E-state index contributed by atoms with van der Waals surface area (Å²) in [5, 5.41) is 25.1. The summed E-state index contributed by atoms with van der Waals surface area (Å²) in [5.74, 6) is 0.768. The summed E-state index contributed by atoms with van der Waals surface area (Å²) in [7, 11) is 1.59. The van der Waals surface area contributed by atoms with E-state index in [0.717, 1.165) is 18.4 Å². The molecule has 21 heavy (non-hydrogen) atoms. The second kappa shape index (κ2) is 7.85. The van der Waals surface area contributed by atoms with Crippen molar-refractivity contribution in [3.05, 3.63) is 29.3 Å². The summed E-state index contributed by atoms with van der Waals surface area (Å²) in [4.78, 5) is 0. The van der Waals surface area contributed by atoms with Crippen molar-refractivity contribution >= 4 is 5.84 Å². The van der Waals surface area contributed by atoms with Crippen LogP contribution >= 0.6 is 0 Å². The molecule has 0 aliphatic carbocycles. The second-order valence-corrected chi connectivity index (χ2v) is 5.36. The summed E-state index contributed by atoms with van der Waals surface area (Å²) in [6.07, 6.45) is 1.66. The van der Waals surface area contributed by atoms with Crippen LogP contribution in [0, 0.1) is 0 Å². The van der Waals surface area contributed by atoms with Gasteiger partial charge < -0.3 is 26.1 Å². The Morgan fingerprint density at radius 1 is 1.48 bits per heavy atom. The molecule has 6 nitrogen and oxygen atoms in total. The van der Waals surface area contributed by atoms with E-state index in [2.05, 4.69) is 10.5 Å². The Balaban J connectivity index is 2.77. The summed E-state index contributed by atoms with van der Waals surface area (Å²) < 4.78 is 5.30. The normalized spacial score (nSPS) is 14.8. The monoisotopic (exact) mass is 295 g/mol. The van der Waals surface area contributed by atoms with E-state index < -0.39 is 5.60 Å². The van der Waals surface area contributed by atoms with E-state index in [1.54, 1.807) is 25.3 Å². The zero-order chi connectivity index (χ0) is 15.9. The van der Waals surface area contributed by atoms with Gasteiger partial charge in [-0.1, -0.05) is 18.5 Å². The lowest BCUT2D eigenvalue weighted by Gasteiger charge is -2.23. The van der Waals surface area contributed by atoms with Gasteiger partial charge in [0.05, 0.1) is 12.7 Å². The van der Waals surface area contributed by atoms with Crippen LogP contribution in [-0.2, 0) is 6.54 Å². The third kappa shape index (κ3) is 5.24. The van der Waals surface area contributed by atoms with Gasteiger partial charge in [0.25, 0.3) is 0 Å². The molecule has 0 bridgehead atoms. The van der Waals surface area contributed by atoms with E-state index in [0.29, 0.717) is 24.4 Å². The SMILES string of the molecule is CCCC(C)(O)CNCc1cc(/C(N)=N/O)ccc1OC. The highest BCUT2D eigenvalue weighted by Gasteiger charge is 2.18. The number of aliphatic hydroxyl groups is 1. The Morgan fingerprint density at radius 3 is 2.76 bits per heavy atom. The smallest absolute Gasteiger partial charge is 0.170 e. The van der Waals surface area contributed by atoms with Crippen molar-refractivity contribution in [2.24, 2.45) is 10.9 Å². The minimum Gasteiger partial charge on any atom is -0.496 e. The van der Waals surface area contributed by atoms with Crippen LogP contribution in [0.5, 0.6) is 5.75 Å². The van der Waals surface area contributed by atoms with E-state index in [-0.39, 0.29) is 5.84 Å². The second-order valence-electron chi connectivity index (χ2n) is 5.36.